The number of aliphatic hydroxyl groups excluding tert-OH is 1. The molecule has 0 fully saturated rings. The van der Waals surface area contributed by atoms with Crippen LogP contribution in [-0.4, -0.2) is 32.4 Å². The molecule has 2 aromatic heterocycles. The van der Waals surface area contributed by atoms with E-state index in [4.69, 9.17) is 0 Å². The van der Waals surface area contributed by atoms with Gasteiger partial charge >= 0.3 is 0 Å². The molecule has 0 aliphatic carbocycles. The largest absolute Gasteiger partial charge is 0.394 e. The fourth-order valence-electron chi connectivity index (χ4n) is 2.38. The van der Waals surface area contributed by atoms with Crippen molar-refractivity contribution in [2.45, 2.75) is 19.9 Å². The summed E-state index contributed by atoms with van der Waals surface area (Å²) in [6, 6.07) is 9.85. The van der Waals surface area contributed by atoms with Crippen molar-refractivity contribution in [3.8, 4) is 11.3 Å². The van der Waals surface area contributed by atoms with Crippen LogP contribution in [0, 0.1) is 11.7 Å². The first-order chi connectivity index (χ1) is 11.1. The Hall–Kier alpha value is -2.47. The van der Waals surface area contributed by atoms with Gasteiger partial charge in [-0.2, -0.15) is 0 Å². The number of benzene rings is 1. The van der Waals surface area contributed by atoms with Gasteiger partial charge in [0.25, 0.3) is 0 Å². The van der Waals surface area contributed by atoms with E-state index in [1.165, 1.54) is 12.1 Å². The molecular formula is C17H19FN4O. The lowest BCUT2D eigenvalue weighted by atomic mass is 10.1. The highest BCUT2D eigenvalue weighted by molar-refractivity contribution is 5.63. The van der Waals surface area contributed by atoms with Gasteiger partial charge in [0.2, 0.25) is 0 Å². The number of imidazole rings is 1. The molecule has 6 heteroatoms. The van der Waals surface area contributed by atoms with E-state index < -0.39 is 0 Å². The minimum atomic E-state index is -0.277. The number of aliphatic hydroxyl groups is 1. The number of aromatic nitrogens is 3. The van der Waals surface area contributed by atoms with Crippen molar-refractivity contribution in [2.24, 2.45) is 5.92 Å². The van der Waals surface area contributed by atoms with Crippen molar-refractivity contribution in [1.29, 1.82) is 0 Å². The average molecular weight is 314 g/mol. The molecule has 0 saturated heterocycles. The Bertz CT molecular complexity index is 798. The maximum absolute atomic E-state index is 13.1. The summed E-state index contributed by atoms with van der Waals surface area (Å²) in [4.78, 5) is 4.32. The van der Waals surface area contributed by atoms with Gasteiger partial charge in [-0.1, -0.05) is 13.8 Å². The third kappa shape index (κ3) is 3.17. The van der Waals surface area contributed by atoms with Crippen LogP contribution in [0.4, 0.5) is 10.2 Å². The van der Waals surface area contributed by atoms with Gasteiger partial charge in [0.05, 0.1) is 24.5 Å². The van der Waals surface area contributed by atoms with Crippen molar-refractivity contribution in [1.82, 2.24) is 14.6 Å². The number of nitrogens with one attached hydrogen (secondary N) is 1. The number of rotatable bonds is 5. The van der Waals surface area contributed by atoms with Crippen LogP contribution in [0.25, 0.3) is 16.9 Å². The Labute approximate surface area is 133 Å². The zero-order valence-corrected chi connectivity index (χ0v) is 13.1. The summed E-state index contributed by atoms with van der Waals surface area (Å²) in [6.45, 7) is 4.10. The molecule has 0 unspecified atom stereocenters. The van der Waals surface area contributed by atoms with E-state index in [0.29, 0.717) is 11.5 Å². The van der Waals surface area contributed by atoms with Gasteiger partial charge in [0.1, 0.15) is 11.6 Å². The van der Waals surface area contributed by atoms with Crippen LogP contribution in [0.5, 0.6) is 0 Å². The van der Waals surface area contributed by atoms with Crippen molar-refractivity contribution in [3.05, 3.63) is 48.4 Å². The molecule has 0 bridgehead atoms. The van der Waals surface area contributed by atoms with Crippen LogP contribution in [-0.2, 0) is 0 Å². The van der Waals surface area contributed by atoms with Crippen LogP contribution in [0.15, 0.2) is 42.6 Å². The van der Waals surface area contributed by atoms with Gasteiger partial charge in [-0.25, -0.2) is 13.9 Å². The SMILES string of the molecule is CC(C)[C@@H](CO)Nc1ccc2ncc(-c3ccc(F)cc3)n2n1. The normalized spacial score (nSPS) is 12.7. The first-order valence-electron chi connectivity index (χ1n) is 7.56. The molecule has 1 aromatic carbocycles. The zero-order chi connectivity index (χ0) is 16.4. The summed E-state index contributed by atoms with van der Waals surface area (Å²) < 4.78 is 14.8. The lowest BCUT2D eigenvalue weighted by molar-refractivity contribution is 0.249. The third-order valence-electron chi connectivity index (χ3n) is 3.84. The molecule has 0 aliphatic rings. The van der Waals surface area contributed by atoms with Crippen molar-refractivity contribution < 1.29 is 9.50 Å². The van der Waals surface area contributed by atoms with E-state index in [1.807, 2.05) is 26.0 Å². The molecule has 0 amide bonds. The van der Waals surface area contributed by atoms with Gasteiger partial charge in [0, 0.05) is 5.56 Å². The minimum Gasteiger partial charge on any atom is -0.394 e. The molecule has 2 N–H and O–H groups in total. The smallest absolute Gasteiger partial charge is 0.154 e. The molecule has 0 aliphatic heterocycles. The molecule has 5 nitrogen and oxygen atoms in total. The van der Waals surface area contributed by atoms with E-state index in [0.717, 1.165) is 11.3 Å². The molecule has 0 radical (unpaired) electrons. The molecule has 3 rings (SSSR count). The highest BCUT2D eigenvalue weighted by Gasteiger charge is 2.14. The van der Waals surface area contributed by atoms with Gasteiger partial charge in [-0.15, -0.1) is 5.10 Å². The molecule has 1 atom stereocenters. The Morgan fingerprint density at radius 3 is 2.57 bits per heavy atom. The Kier molecular flexibility index (Phi) is 4.25. The van der Waals surface area contributed by atoms with Crippen LogP contribution in [0.2, 0.25) is 0 Å². The predicted octanol–water partition coefficient (Wildman–Crippen LogP) is 2.96. The molecule has 23 heavy (non-hydrogen) atoms. The molecule has 0 spiro atoms. The first-order valence-corrected chi connectivity index (χ1v) is 7.56. The maximum atomic E-state index is 13.1. The summed E-state index contributed by atoms with van der Waals surface area (Å²) in [5.74, 6) is 0.657. The van der Waals surface area contributed by atoms with Crippen molar-refractivity contribution in [2.75, 3.05) is 11.9 Å². The third-order valence-corrected chi connectivity index (χ3v) is 3.84. The zero-order valence-electron chi connectivity index (χ0n) is 13.1. The quantitative estimate of drug-likeness (QED) is 0.760. The average Bonchev–Trinajstić information content (AvgIpc) is 2.96. The van der Waals surface area contributed by atoms with Gasteiger partial charge < -0.3 is 10.4 Å². The Balaban J connectivity index is 1.98. The molecular weight excluding hydrogens is 295 g/mol. The molecule has 3 aromatic rings. The predicted molar refractivity (Wildman–Crippen MR) is 87.7 cm³/mol. The van der Waals surface area contributed by atoms with E-state index in [9.17, 15) is 9.50 Å². The van der Waals surface area contributed by atoms with Gasteiger partial charge in [0.15, 0.2) is 5.65 Å². The number of nitrogens with zero attached hydrogens (tertiary/aromatic N) is 3. The number of halogens is 1. The Morgan fingerprint density at radius 2 is 1.91 bits per heavy atom. The summed E-state index contributed by atoms with van der Waals surface area (Å²) in [5.41, 5.74) is 2.33. The van der Waals surface area contributed by atoms with Crippen molar-refractivity contribution in [3.63, 3.8) is 0 Å². The summed E-state index contributed by atoms with van der Waals surface area (Å²) >= 11 is 0. The number of hydrogen-bond donors (Lipinski definition) is 2. The summed E-state index contributed by atoms with van der Waals surface area (Å²) in [5, 5.41) is 17.2. The monoisotopic (exact) mass is 314 g/mol. The topological polar surface area (TPSA) is 62.5 Å². The Morgan fingerprint density at radius 1 is 1.17 bits per heavy atom. The first kappa shape index (κ1) is 15.4. The second-order valence-electron chi connectivity index (χ2n) is 5.82. The maximum Gasteiger partial charge on any atom is 0.154 e. The van der Waals surface area contributed by atoms with E-state index in [-0.39, 0.29) is 24.4 Å². The lowest BCUT2D eigenvalue weighted by Crippen LogP contribution is -2.30. The fourth-order valence-corrected chi connectivity index (χ4v) is 2.38. The summed E-state index contributed by atoms with van der Waals surface area (Å²) in [6.07, 6.45) is 1.71. The van der Waals surface area contributed by atoms with Crippen LogP contribution in [0.1, 0.15) is 13.8 Å². The van der Waals surface area contributed by atoms with Crippen LogP contribution < -0.4 is 5.32 Å². The summed E-state index contributed by atoms with van der Waals surface area (Å²) in [7, 11) is 0. The highest BCUT2D eigenvalue weighted by Crippen LogP contribution is 2.21. The molecule has 0 saturated carbocycles. The van der Waals surface area contributed by atoms with Gasteiger partial charge in [-0.05, 0) is 42.3 Å². The second kappa shape index (κ2) is 6.34. The minimum absolute atomic E-state index is 0.0339. The van der Waals surface area contributed by atoms with E-state index >= 15 is 0 Å². The van der Waals surface area contributed by atoms with E-state index in [2.05, 4.69) is 15.4 Å². The number of fused-ring (bicyclic) bond motifs is 1. The second-order valence-corrected chi connectivity index (χ2v) is 5.82. The number of anilines is 1. The van der Waals surface area contributed by atoms with E-state index in [1.54, 1.807) is 22.8 Å². The number of hydrogen-bond acceptors (Lipinski definition) is 4. The molecule has 120 valence electrons. The van der Waals surface area contributed by atoms with Crippen molar-refractivity contribution >= 4 is 11.5 Å². The molecule has 2 heterocycles. The van der Waals surface area contributed by atoms with Crippen LogP contribution >= 0.6 is 0 Å². The lowest BCUT2D eigenvalue weighted by Gasteiger charge is -2.20. The standard InChI is InChI=1S/C17H19FN4O/c1-11(2)14(10-23)20-16-7-8-17-19-9-15(22(17)21-16)12-3-5-13(18)6-4-12/h3-9,11,14,23H,10H2,1-2H3,(H,20,21)/t14-/m1/s1. The fraction of sp³-hybridized carbons (Fsp3) is 0.294. The van der Waals surface area contributed by atoms with Gasteiger partial charge in [-0.3, -0.25) is 0 Å². The van der Waals surface area contributed by atoms with Crippen LogP contribution in [0.3, 0.4) is 0 Å². The highest BCUT2D eigenvalue weighted by atomic mass is 19.1.